The number of carbonyl (C=O) groups is 1. The molecule has 0 unspecified atom stereocenters. The maximum Gasteiger partial charge on any atom is 0.253 e. The molecule has 0 bridgehead atoms. The molecule has 2 fully saturated rings. The molecule has 0 atom stereocenters. The van der Waals surface area contributed by atoms with E-state index in [0.29, 0.717) is 24.2 Å². The molecule has 1 heterocycles. The summed E-state index contributed by atoms with van der Waals surface area (Å²) in [6.07, 6.45) is 4.81. The van der Waals surface area contributed by atoms with E-state index in [9.17, 15) is 13.2 Å². The smallest absolute Gasteiger partial charge is 0.253 e. The second kappa shape index (κ2) is 9.17. The first kappa shape index (κ1) is 21.2. The van der Waals surface area contributed by atoms with Crippen LogP contribution in [0.1, 0.15) is 48.0 Å². The van der Waals surface area contributed by atoms with E-state index < -0.39 is 10.0 Å². The topological polar surface area (TPSA) is 78.5 Å². The molecule has 1 amide bonds. The highest BCUT2D eigenvalue weighted by atomic mass is 35.5. The number of nitrogens with one attached hydrogen (secondary N) is 2. The highest BCUT2D eigenvalue weighted by Crippen LogP contribution is 2.23. The summed E-state index contributed by atoms with van der Waals surface area (Å²) in [5, 5.41) is 3.27. The average molecular weight is 402 g/mol. The Kier molecular flexibility index (Phi) is 7.46. The lowest BCUT2D eigenvalue weighted by Crippen LogP contribution is -2.35. The minimum absolute atomic E-state index is 0. The van der Waals surface area contributed by atoms with Crippen molar-refractivity contribution in [3.63, 3.8) is 0 Å². The Labute approximate surface area is 162 Å². The lowest BCUT2D eigenvalue weighted by molar-refractivity contribution is 0.0766. The van der Waals surface area contributed by atoms with Crippen LogP contribution in [-0.4, -0.2) is 51.4 Å². The average Bonchev–Trinajstić information content (AvgIpc) is 2.93. The fourth-order valence-electron chi connectivity index (χ4n) is 3.58. The van der Waals surface area contributed by atoms with Gasteiger partial charge in [-0.25, -0.2) is 13.1 Å². The van der Waals surface area contributed by atoms with E-state index >= 15 is 0 Å². The van der Waals surface area contributed by atoms with Crippen LogP contribution in [0, 0.1) is 6.92 Å². The number of aryl methyl sites for hydroxylation is 1. The van der Waals surface area contributed by atoms with Crippen molar-refractivity contribution in [2.24, 2.45) is 0 Å². The largest absolute Gasteiger partial charge is 0.337 e. The van der Waals surface area contributed by atoms with Gasteiger partial charge in [0.05, 0.1) is 4.90 Å². The second-order valence-corrected chi connectivity index (χ2v) is 8.66. The van der Waals surface area contributed by atoms with E-state index in [1.54, 1.807) is 24.0 Å². The molecule has 146 valence electrons. The zero-order chi connectivity index (χ0) is 17.9. The van der Waals surface area contributed by atoms with Gasteiger partial charge in [0.2, 0.25) is 10.0 Å². The number of hydrogen-bond acceptors (Lipinski definition) is 4. The lowest BCUT2D eigenvalue weighted by atomic mass is 10.1. The molecule has 0 aromatic heterocycles. The molecule has 2 aliphatic rings. The van der Waals surface area contributed by atoms with Gasteiger partial charge >= 0.3 is 0 Å². The molecule has 1 aliphatic carbocycles. The van der Waals surface area contributed by atoms with E-state index in [0.717, 1.165) is 45.2 Å². The van der Waals surface area contributed by atoms with Crippen LogP contribution in [0.25, 0.3) is 0 Å². The van der Waals surface area contributed by atoms with E-state index in [4.69, 9.17) is 0 Å². The Balaban J connectivity index is 0.00000243. The first-order chi connectivity index (χ1) is 12.0. The fourth-order valence-corrected chi connectivity index (χ4v) is 5.16. The van der Waals surface area contributed by atoms with Crippen molar-refractivity contribution in [1.82, 2.24) is 14.9 Å². The summed E-state index contributed by atoms with van der Waals surface area (Å²) >= 11 is 0. The second-order valence-electron chi connectivity index (χ2n) is 6.98. The molecular formula is C18H28ClN3O3S. The zero-order valence-electron chi connectivity index (χ0n) is 15.2. The molecule has 1 aromatic carbocycles. The van der Waals surface area contributed by atoms with Crippen LogP contribution in [0.4, 0.5) is 0 Å². The monoisotopic (exact) mass is 401 g/mol. The fraction of sp³-hybridized carbons (Fsp3) is 0.611. The molecule has 0 radical (unpaired) electrons. The number of amides is 1. The molecule has 2 N–H and O–H groups in total. The number of hydrogen-bond donors (Lipinski definition) is 2. The van der Waals surface area contributed by atoms with E-state index in [2.05, 4.69) is 10.0 Å². The van der Waals surface area contributed by atoms with Gasteiger partial charge in [0.25, 0.3) is 5.91 Å². The predicted octanol–water partition coefficient (Wildman–Crippen LogP) is 2.07. The summed E-state index contributed by atoms with van der Waals surface area (Å²) in [6, 6.07) is 5.00. The molecule has 6 nitrogen and oxygen atoms in total. The number of sulfonamides is 1. The number of halogens is 1. The van der Waals surface area contributed by atoms with Gasteiger partial charge in [-0.15, -0.1) is 12.4 Å². The summed E-state index contributed by atoms with van der Waals surface area (Å²) in [4.78, 5) is 14.8. The summed E-state index contributed by atoms with van der Waals surface area (Å²) in [6.45, 7) is 4.79. The van der Waals surface area contributed by atoms with Crippen molar-refractivity contribution >= 4 is 28.3 Å². The molecule has 1 saturated heterocycles. The van der Waals surface area contributed by atoms with Gasteiger partial charge in [0, 0.05) is 31.2 Å². The van der Waals surface area contributed by atoms with Crippen LogP contribution in [0.15, 0.2) is 23.1 Å². The Morgan fingerprint density at radius 3 is 2.62 bits per heavy atom. The minimum atomic E-state index is -3.60. The van der Waals surface area contributed by atoms with Crippen LogP contribution < -0.4 is 10.0 Å². The Hall–Kier alpha value is -1.15. The van der Waals surface area contributed by atoms with Crippen molar-refractivity contribution in [3.05, 3.63) is 29.3 Å². The van der Waals surface area contributed by atoms with Gasteiger partial charge in [-0.1, -0.05) is 18.9 Å². The van der Waals surface area contributed by atoms with E-state index in [1.165, 1.54) is 6.07 Å². The SMILES string of the molecule is Cc1ccc(C(=O)N2CCCNCC2)cc1S(=O)(=O)NC1CCCC1.Cl. The third-order valence-corrected chi connectivity index (χ3v) is 6.69. The number of nitrogens with zero attached hydrogens (tertiary/aromatic N) is 1. The Morgan fingerprint density at radius 1 is 1.15 bits per heavy atom. The first-order valence-electron chi connectivity index (χ1n) is 9.10. The first-order valence-corrected chi connectivity index (χ1v) is 10.6. The third kappa shape index (κ3) is 4.97. The number of rotatable bonds is 4. The van der Waals surface area contributed by atoms with Crippen molar-refractivity contribution in [2.45, 2.75) is 50.0 Å². The number of carbonyl (C=O) groups excluding carboxylic acids is 1. The van der Waals surface area contributed by atoms with Crippen molar-refractivity contribution in [3.8, 4) is 0 Å². The Bertz CT molecular complexity index is 725. The lowest BCUT2D eigenvalue weighted by Gasteiger charge is -2.21. The van der Waals surface area contributed by atoms with E-state index in [1.807, 2.05) is 0 Å². The molecule has 1 aliphatic heterocycles. The maximum atomic E-state index is 12.8. The minimum Gasteiger partial charge on any atom is -0.337 e. The van der Waals surface area contributed by atoms with Crippen LogP contribution in [0.3, 0.4) is 0 Å². The number of benzene rings is 1. The molecule has 1 saturated carbocycles. The van der Waals surface area contributed by atoms with Crippen LogP contribution in [0.2, 0.25) is 0 Å². The van der Waals surface area contributed by atoms with Crippen LogP contribution in [-0.2, 0) is 10.0 Å². The van der Waals surface area contributed by atoms with Crippen LogP contribution >= 0.6 is 12.4 Å². The Morgan fingerprint density at radius 2 is 1.88 bits per heavy atom. The summed E-state index contributed by atoms with van der Waals surface area (Å²) in [5.74, 6) is -0.0963. The molecular weight excluding hydrogens is 374 g/mol. The maximum absolute atomic E-state index is 12.8. The molecule has 1 aromatic rings. The predicted molar refractivity (Wildman–Crippen MR) is 104 cm³/mol. The van der Waals surface area contributed by atoms with Crippen molar-refractivity contribution < 1.29 is 13.2 Å². The zero-order valence-corrected chi connectivity index (χ0v) is 16.8. The van der Waals surface area contributed by atoms with Gasteiger partial charge in [0.15, 0.2) is 0 Å². The molecule has 8 heteroatoms. The standard InChI is InChI=1S/C18H27N3O3S.ClH/c1-14-7-8-15(18(22)21-11-4-9-19-10-12-21)13-17(14)25(23,24)20-16-5-2-3-6-16;/h7-8,13,16,19-20H,2-6,9-12H2,1H3;1H. The van der Waals surface area contributed by atoms with Crippen molar-refractivity contribution in [2.75, 3.05) is 26.2 Å². The highest BCUT2D eigenvalue weighted by Gasteiger charge is 2.26. The highest BCUT2D eigenvalue weighted by molar-refractivity contribution is 7.89. The van der Waals surface area contributed by atoms with Gasteiger partial charge in [0.1, 0.15) is 0 Å². The quantitative estimate of drug-likeness (QED) is 0.809. The van der Waals surface area contributed by atoms with Gasteiger partial charge in [-0.3, -0.25) is 4.79 Å². The van der Waals surface area contributed by atoms with Crippen molar-refractivity contribution in [1.29, 1.82) is 0 Å². The molecule has 0 spiro atoms. The van der Waals surface area contributed by atoms with Crippen LogP contribution in [0.5, 0.6) is 0 Å². The van der Waals surface area contributed by atoms with Gasteiger partial charge in [-0.05, 0) is 50.4 Å². The normalized spacial score (nSPS) is 19.0. The summed E-state index contributed by atoms with van der Waals surface area (Å²) in [5.41, 5.74) is 1.11. The molecule has 26 heavy (non-hydrogen) atoms. The van der Waals surface area contributed by atoms with Gasteiger partial charge in [-0.2, -0.15) is 0 Å². The van der Waals surface area contributed by atoms with E-state index in [-0.39, 0.29) is 29.3 Å². The summed E-state index contributed by atoms with van der Waals surface area (Å²) in [7, 11) is -3.60. The molecule has 3 rings (SSSR count). The van der Waals surface area contributed by atoms with Gasteiger partial charge < -0.3 is 10.2 Å². The summed E-state index contributed by atoms with van der Waals surface area (Å²) < 4.78 is 28.3. The third-order valence-electron chi connectivity index (χ3n) is 5.03.